The van der Waals surface area contributed by atoms with Gasteiger partial charge < -0.3 is 15.5 Å². The number of hydrogen-bond acceptors (Lipinski definition) is 4. The lowest BCUT2D eigenvalue weighted by Crippen LogP contribution is -2.05. The first-order valence-electron chi connectivity index (χ1n) is 5.48. The van der Waals surface area contributed by atoms with Crippen LogP contribution in [-0.4, -0.2) is 21.6 Å². The van der Waals surface area contributed by atoms with E-state index < -0.39 is 0 Å². The van der Waals surface area contributed by atoms with Crippen molar-refractivity contribution in [3.63, 3.8) is 0 Å². The third-order valence-corrected chi connectivity index (χ3v) is 3.04. The predicted octanol–water partition coefficient (Wildman–Crippen LogP) is 1.64. The van der Waals surface area contributed by atoms with Gasteiger partial charge in [0.05, 0.1) is 5.52 Å². The minimum atomic E-state index is 0.0652. The maximum atomic E-state index is 5.66. The van der Waals surface area contributed by atoms with E-state index >= 15 is 0 Å². The Labute approximate surface area is 93.0 Å². The van der Waals surface area contributed by atoms with Gasteiger partial charge in [-0.1, -0.05) is 6.92 Å². The van der Waals surface area contributed by atoms with Crippen molar-refractivity contribution >= 4 is 17.0 Å². The van der Waals surface area contributed by atoms with E-state index in [1.54, 1.807) is 6.07 Å². The van der Waals surface area contributed by atoms with Crippen LogP contribution in [0.25, 0.3) is 11.2 Å². The van der Waals surface area contributed by atoms with E-state index in [4.69, 9.17) is 10.5 Å². The Hall–Kier alpha value is -1.62. The number of pyridine rings is 1. The summed E-state index contributed by atoms with van der Waals surface area (Å²) in [7, 11) is 0. The van der Waals surface area contributed by atoms with Crippen LogP contribution in [0.2, 0.25) is 0 Å². The molecule has 0 saturated carbocycles. The number of rotatable bonds is 1. The number of ether oxygens (including phenoxy) is 1. The van der Waals surface area contributed by atoms with Gasteiger partial charge in [0.15, 0.2) is 5.65 Å². The van der Waals surface area contributed by atoms with Crippen molar-refractivity contribution in [2.75, 3.05) is 12.3 Å². The number of hydrogen-bond donors (Lipinski definition) is 2. The van der Waals surface area contributed by atoms with Gasteiger partial charge in [-0.3, -0.25) is 0 Å². The number of nitrogens with one attached hydrogen (secondary N) is 1. The fraction of sp³-hybridized carbons (Fsp3) is 0.455. The monoisotopic (exact) mass is 218 g/mol. The highest BCUT2D eigenvalue weighted by atomic mass is 16.5. The van der Waals surface area contributed by atoms with Crippen LogP contribution in [0.3, 0.4) is 0 Å². The normalized spacial score (nSPS) is 25.3. The smallest absolute Gasteiger partial charge is 0.179 e. The molecule has 2 unspecified atom stereocenters. The van der Waals surface area contributed by atoms with Crippen molar-refractivity contribution < 1.29 is 4.74 Å². The molecule has 3 rings (SSSR count). The van der Waals surface area contributed by atoms with Crippen LogP contribution in [0.4, 0.5) is 5.82 Å². The van der Waals surface area contributed by atoms with Gasteiger partial charge in [-0.25, -0.2) is 9.97 Å². The van der Waals surface area contributed by atoms with Gasteiger partial charge in [0.1, 0.15) is 17.7 Å². The molecule has 2 aromatic rings. The summed E-state index contributed by atoms with van der Waals surface area (Å²) in [5.41, 5.74) is 7.19. The molecular formula is C11H14N4O. The number of aromatic nitrogens is 3. The fourth-order valence-corrected chi connectivity index (χ4v) is 2.11. The molecule has 0 bridgehead atoms. The predicted molar refractivity (Wildman–Crippen MR) is 60.8 cm³/mol. The van der Waals surface area contributed by atoms with E-state index in [9.17, 15) is 0 Å². The molecule has 5 heteroatoms. The molecule has 0 radical (unpaired) electrons. The van der Waals surface area contributed by atoms with Crippen molar-refractivity contribution in [1.29, 1.82) is 0 Å². The first kappa shape index (κ1) is 9.59. The zero-order valence-electron chi connectivity index (χ0n) is 9.10. The maximum Gasteiger partial charge on any atom is 0.179 e. The van der Waals surface area contributed by atoms with Gasteiger partial charge in [-0.2, -0.15) is 0 Å². The summed E-state index contributed by atoms with van der Waals surface area (Å²) in [6.07, 6.45) is 1.15. The number of nitrogens with zero attached hydrogens (tertiary/aromatic N) is 2. The van der Waals surface area contributed by atoms with Crippen molar-refractivity contribution in [2.45, 2.75) is 19.4 Å². The molecule has 0 aromatic carbocycles. The van der Waals surface area contributed by atoms with E-state index in [1.807, 2.05) is 6.07 Å². The van der Waals surface area contributed by atoms with Gasteiger partial charge in [0.25, 0.3) is 0 Å². The molecule has 5 nitrogen and oxygen atoms in total. The summed E-state index contributed by atoms with van der Waals surface area (Å²) in [5, 5.41) is 0. The quantitative estimate of drug-likeness (QED) is 0.762. The van der Waals surface area contributed by atoms with Gasteiger partial charge in [0.2, 0.25) is 0 Å². The second-order valence-corrected chi connectivity index (χ2v) is 4.29. The van der Waals surface area contributed by atoms with E-state index in [0.29, 0.717) is 17.4 Å². The average molecular weight is 218 g/mol. The molecule has 16 heavy (non-hydrogen) atoms. The molecule has 0 spiro atoms. The minimum Gasteiger partial charge on any atom is -0.384 e. The van der Waals surface area contributed by atoms with Crippen LogP contribution in [0, 0.1) is 5.92 Å². The van der Waals surface area contributed by atoms with Crippen LogP contribution < -0.4 is 5.73 Å². The molecular weight excluding hydrogens is 204 g/mol. The lowest BCUT2D eigenvalue weighted by Gasteiger charge is -2.10. The highest BCUT2D eigenvalue weighted by Gasteiger charge is 2.28. The van der Waals surface area contributed by atoms with Crippen molar-refractivity contribution in [2.24, 2.45) is 5.92 Å². The number of imidazole rings is 1. The van der Waals surface area contributed by atoms with Crippen LogP contribution in [0.15, 0.2) is 12.1 Å². The molecule has 84 valence electrons. The van der Waals surface area contributed by atoms with Crippen molar-refractivity contribution in [1.82, 2.24) is 15.0 Å². The summed E-state index contributed by atoms with van der Waals surface area (Å²) < 4.78 is 5.66. The van der Waals surface area contributed by atoms with Crippen molar-refractivity contribution in [3.05, 3.63) is 18.0 Å². The Bertz CT molecular complexity index is 522. The van der Waals surface area contributed by atoms with Crippen LogP contribution in [0.5, 0.6) is 0 Å². The Morgan fingerprint density at radius 2 is 2.31 bits per heavy atom. The summed E-state index contributed by atoms with van der Waals surface area (Å²) in [4.78, 5) is 11.8. The fourth-order valence-electron chi connectivity index (χ4n) is 2.11. The van der Waals surface area contributed by atoms with E-state index in [0.717, 1.165) is 24.4 Å². The SMILES string of the molecule is CC1CCOC1c1nc2nc(N)ccc2[nH]1. The van der Waals surface area contributed by atoms with Crippen LogP contribution in [-0.2, 0) is 4.74 Å². The van der Waals surface area contributed by atoms with Gasteiger partial charge in [0, 0.05) is 6.61 Å². The van der Waals surface area contributed by atoms with E-state index in [-0.39, 0.29) is 6.10 Å². The Balaban J connectivity index is 2.04. The molecule has 1 fully saturated rings. The standard InChI is InChI=1S/C11H14N4O/c1-6-4-5-16-9(6)11-13-7-2-3-8(12)14-10(7)15-11/h2-3,6,9H,4-5H2,1H3,(H3,12,13,14,15). The number of anilines is 1. The zero-order chi connectivity index (χ0) is 11.1. The molecule has 3 N–H and O–H groups in total. The largest absolute Gasteiger partial charge is 0.384 e. The second kappa shape index (κ2) is 3.45. The average Bonchev–Trinajstić information content (AvgIpc) is 2.82. The van der Waals surface area contributed by atoms with Crippen LogP contribution in [0.1, 0.15) is 25.3 Å². The molecule has 1 saturated heterocycles. The molecule has 0 amide bonds. The second-order valence-electron chi connectivity index (χ2n) is 4.29. The Morgan fingerprint density at radius 1 is 1.44 bits per heavy atom. The van der Waals surface area contributed by atoms with E-state index in [2.05, 4.69) is 21.9 Å². The molecule has 2 atom stereocenters. The first-order chi connectivity index (χ1) is 7.74. The highest BCUT2D eigenvalue weighted by Crippen LogP contribution is 2.33. The minimum absolute atomic E-state index is 0.0652. The highest BCUT2D eigenvalue weighted by molar-refractivity contribution is 5.72. The Kier molecular flexibility index (Phi) is 2.07. The number of fused-ring (bicyclic) bond motifs is 1. The zero-order valence-corrected chi connectivity index (χ0v) is 9.10. The van der Waals surface area contributed by atoms with Crippen LogP contribution >= 0.6 is 0 Å². The van der Waals surface area contributed by atoms with Crippen molar-refractivity contribution in [3.8, 4) is 0 Å². The molecule has 3 heterocycles. The summed E-state index contributed by atoms with van der Waals surface area (Å²) in [6.45, 7) is 2.98. The maximum absolute atomic E-state index is 5.66. The lowest BCUT2D eigenvalue weighted by molar-refractivity contribution is 0.0882. The summed E-state index contributed by atoms with van der Waals surface area (Å²) >= 11 is 0. The number of nitrogen functional groups attached to an aromatic ring is 1. The number of aromatic amines is 1. The number of nitrogens with two attached hydrogens (primary N) is 1. The van der Waals surface area contributed by atoms with E-state index in [1.165, 1.54) is 0 Å². The third-order valence-electron chi connectivity index (χ3n) is 3.04. The van der Waals surface area contributed by atoms with Gasteiger partial charge >= 0.3 is 0 Å². The molecule has 1 aliphatic rings. The third kappa shape index (κ3) is 1.44. The molecule has 2 aromatic heterocycles. The van der Waals surface area contributed by atoms with Gasteiger partial charge in [-0.05, 0) is 24.5 Å². The molecule has 1 aliphatic heterocycles. The summed E-state index contributed by atoms with van der Waals surface area (Å²) in [6, 6.07) is 3.66. The summed E-state index contributed by atoms with van der Waals surface area (Å²) in [5.74, 6) is 1.85. The Morgan fingerprint density at radius 3 is 3.06 bits per heavy atom. The number of H-pyrrole nitrogens is 1. The molecule has 0 aliphatic carbocycles. The topological polar surface area (TPSA) is 76.8 Å². The lowest BCUT2D eigenvalue weighted by atomic mass is 10.0. The van der Waals surface area contributed by atoms with Gasteiger partial charge in [-0.15, -0.1) is 0 Å². The first-order valence-corrected chi connectivity index (χ1v) is 5.48.